The molecule has 2 N–H and O–H groups in total. The van der Waals surface area contributed by atoms with Crippen molar-refractivity contribution in [3.05, 3.63) is 17.7 Å². The van der Waals surface area contributed by atoms with Crippen molar-refractivity contribution in [2.45, 2.75) is 39.7 Å². The Labute approximate surface area is 145 Å². The molecule has 0 radical (unpaired) electrons. The van der Waals surface area contributed by atoms with Crippen molar-refractivity contribution in [2.75, 3.05) is 34.4 Å². The Morgan fingerprint density at radius 3 is 2.12 bits per heavy atom. The summed E-state index contributed by atoms with van der Waals surface area (Å²) in [5, 5.41) is 6.62. The lowest BCUT2D eigenvalue weighted by molar-refractivity contribution is 0.324. The van der Waals surface area contributed by atoms with Crippen LogP contribution in [0.5, 0.6) is 17.2 Å². The zero-order valence-corrected chi connectivity index (χ0v) is 15.6. The van der Waals surface area contributed by atoms with Gasteiger partial charge in [0.05, 0.1) is 27.9 Å². The number of nitrogens with zero attached hydrogens (tertiary/aromatic N) is 1. The number of guanidine groups is 1. The van der Waals surface area contributed by atoms with E-state index in [1.807, 2.05) is 12.1 Å². The maximum absolute atomic E-state index is 5.38. The SMILES string of the molecule is CCCCCNC(=NCc1cc(OC)c(OC)c(OC)c1)NCC. The summed E-state index contributed by atoms with van der Waals surface area (Å²) in [5.41, 5.74) is 0.996. The number of hydrogen-bond acceptors (Lipinski definition) is 4. The Morgan fingerprint density at radius 2 is 1.62 bits per heavy atom. The first kappa shape index (κ1) is 19.9. The van der Waals surface area contributed by atoms with Gasteiger partial charge in [-0.1, -0.05) is 19.8 Å². The average Bonchev–Trinajstić information content (AvgIpc) is 2.61. The number of ether oxygens (including phenoxy) is 3. The number of methoxy groups -OCH3 is 3. The van der Waals surface area contributed by atoms with Crippen LogP contribution in [-0.2, 0) is 6.54 Å². The molecule has 6 heteroatoms. The third-order valence-corrected chi connectivity index (χ3v) is 3.56. The van der Waals surface area contributed by atoms with E-state index in [1.54, 1.807) is 21.3 Å². The van der Waals surface area contributed by atoms with Crippen molar-refractivity contribution in [3.63, 3.8) is 0 Å². The van der Waals surface area contributed by atoms with Gasteiger partial charge >= 0.3 is 0 Å². The van der Waals surface area contributed by atoms with Gasteiger partial charge in [-0.25, -0.2) is 4.99 Å². The van der Waals surface area contributed by atoms with Crippen LogP contribution in [0.2, 0.25) is 0 Å². The second-order valence-electron chi connectivity index (χ2n) is 5.36. The molecule has 0 saturated carbocycles. The molecule has 0 spiro atoms. The molecule has 0 aliphatic heterocycles. The Kier molecular flexibility index (Phi) is 9.49. The molecule has 0 heterocycles. The second kappa shape index (κ2) is 11.4. The van der Waals surface area contributed by atoms with Gasteiger partial charge in [0.2, 0.25) is 5.75 Å². The van der Waals surface area contributed by atoms with Gasteiger partial charge < -0.3 is 24.8 Å². The van der Waals surface area contributed by atoms with E-state index in [0.29, 0.717) is 23.8 Å². The van der Waals surface area contributed by atoms with E-state index in [-0.39, 0.29) is 0 Å². The number of rotatable bonds is 10. The molecule has 1 aromatic carbocycles. The summed E-state index contributed by atoms with van der Waals surface area (Å²) in [5.74, 6) is 2.70. The summed E-state index contributed by atoms with van der Waals surface area (Å²) >= 11 is 0. The first-order valence-corrected chi connectivity index (χ1v) is 8.51. The van der Waals surface area contributed by atoms with Crippen LogP contribution in [0.25, 0.3) is 0 Å². The highest BCUT2D eigenvalue weighted by Gasteiger charge is 2.13. The molecule has 0 unspecified atom stereocenters. The Bertz CT molecular complexity index is 493. The Morgan fingerprint density at radius 1 is 0.958 bits per heavy atom. The molecule has 1 aromatic rings. The van der Waals surface area contributed by atoms with E-state index in [4.69, 9.17) is 14.2 Å². The lowest BCUT2D eigenvalue weighted by Crippen LogP contribution is -2.37. The minimum Gasteiger partial charge on any atom is -0.493 e. The van der Waals surface area contributed by atoms with Gasteiger partial charge in [0, 0.05) is 13.1 Å². The van der Waals surface area contributed by atoms with Crippen LogP contribution < -0.4 is 24.8 Å². The fourth-order valence-corrected chi connectivity index (χ4v) is 2.32. The van der Waals surface area contributed by atoms with Crippen molar-refractivity contribution < 1.29 is 14.2 Å². The molecule has 0 fully saturated rings. The van der Waals surface area contributed by atoms with Crippen molar-refractivity contribution >= 4 is 5.96 Å². The predicted octanol–water partition coefficient (Wildman–Crippen LogP) is 2.96. The Balaban J connectivity index is 2.84. The molecular weight excluding hydrogens is 306 g/mol. The average molecular weight is 337 g/mol. The monoisotopic (exact) mass is 337 g/mol. The standard InChI is InChI=1S/C18H31N3O3/c1-6-8-9-10-20-18(19-7-2)21-13-14-11-15(22-3)17(24-5)16(12-14)23-4/h11-12H,6-10,13H2,1-5H3,(H2,19,20,21). The first-order valence-electron chi connectivity index (χ1n) is 8.51. The molecule has 0 amide bonds. The highest BCUT2D eigenvalue weighted by Crippen LogP contribution is 2.38. The third-order valence-electron chi connectivity index (χ3n) is 3.56. The smallest absolute Gasteiger partial charge is 0.203 e. The zero-order chi connectivity index (χ0) is 17.8. The summed E-state index contributed by atoms with van der Waals surface area (Å²) in [6, 6.07) is 3.84. The van der Waals surface area contributed by atoms with Gasteiger partial charge in [0.25, 0.3) is 0 Å². The first-order chi connectivity index (χ1) is 11.7. The lowest BCUT2D eigenvalue weighted by Gasteiger charge is -2.14. The summed E-state index contributed by atoms with van der Waals surface area (Å²) in [7, 11) is 4.83. The summed E-state index contributed by atoms with van der Waals surface area (Å²) in [6.07, 6.45) is 3.57. The summed E-state index contributed by atoms with van der Waals surface area (Å²) in [6.45, 7) is 6.54. The molecule has 6 nitrogen and oxygen atoms in total. The number of benzene rings is 1. The van der Waals surface area contributed by atoms with Gasteiger partial charge in [-0.2, -0.15) is 0 Å². The summed E-state index contributed by atoms with van der Waals surface area (Å²) in [4.78, 5) is 4.63. The number of nitrogens with one attached hydrogen (secondary N) is 2. The molecule has 0 saturated heterocycles. The van der Waals surface area contributed by atoms with Crippen LogP contribution in [0.1, 0.15) is 38.7 Å². The van der Waals surface area contributed by atoms with Crippen LogP contribution in [0.15, 0.2) is 17.1 Å². The molecular formula is C18H31N3O3. The maximum Gasteiger partial charge on any atom is 0.203 e. The van der Waals surface area contributed by atoms with Crippen molar-refractivity contribution in [2.24, 2.45) is 4.99 Å². The number of aliphatic imine (C=N–C) groups is 1. The van der Waals surface area contributed by atoms with Gasteiger partial charge in [-0.15, -0.1) is 0 Å². The van der Waals surface area contributed by atoms with Gasteiger partial charge in [-0.05, 0) is 31.0 Å². The molecule has 0 aliphatic carbocycles. The van der Waals surface area contributed by atoms with Crippen molar-refractivity contribution in [3.8, 4) is 17.2 Å². The quantitative estimate of drug-likeness (QED) is 0.390. The summed E-state index contributed by atoms with van der Waals surface area (Å²) < 4.78 is 16.1. The predicted molar refractivity (Wildman–Crippen MR) is 98.4 cm³/mol. The van der Waals surface area contributed by atoms with Crippen molar-refractivity contribution in [1.29, 1.82) is 0 Å². The topological polar surface area (TPSA) is 64.1 Å². The van der Waals surface area contributed by atoms with Crippen LogP contribution in [0, 0.1) is 0 Å². The van der Waals surface area contributed by atoms with E-state index in [0.717, 1.165) is 31.0 Å². The zero-order valence-electron chi connectivity index (χ0n) is 15.6. The van der Waals surface area contributed by atoms with E-state index in [9.17, 15) is 0 Å². The molecule has 0 aromatic heterocycles. The number of unbranched alkanes of at least 4 members (excludes halogenated alkanes) is 2. The second-order valence-corrected chi connectivity index (χ2v) is 5.36. The normalized spacial score (nSPS) is 11.1. The molecule has 0 aliphatic rings. The van der Waals surface area contributed by atoms with E-state index >= 15 is 0 Å². The van der Waals surface area contributed by atoms with Crippen LogP contribution in [0.4, 0.5) is 0 Å². The minimum absolute atomic E-state index is 0.528. The van der Waals surface area contributed by atoms with E-state index in [2.05, 4.69) is 29.5 Å². The Hall–Kier alpha value is -2.11. The molecule has 0 atom stereocenters. The fraction of sp³-hybridized carbons (Fsp3) is 0.611. The lowest BCUT2D eigenvalue weighted by atomic mass is 10.2. The van der Waals surface area contributed by atoms with Crippen LogP contribution in [0.3, 0.4) is 0 Å². The third kappa shape index (κ3) is 6.18. The molecule has 136 valence electrons. The highest BCUT2D eigenvalue weighted by atomic mass is 16.5. The minimum atomic E-state index is 0.528. The highest BCUT2D eigenvalue weighted by molar-refractivity contribution is 5.79. The van der Waals surface area contributed by atoms with Gasteiger partial charge in [0.1, 0.15) is 0 Å². The van der Waals surface area contributed by atoms with Crippen molar-refractivity contribution in [1.82, 2.24) is 10.6 Å². The maximum atomic E-state index is 5.38. The fourth-order valence-electron chi connectivity index (χ4n) is 2.32. The molecule has 1 rings (SSSR count). The molecule has 0 bridgehead atoms. The van der Waals surface area contributed by atoms with E-state index in [1.165, 1.54) is 12.8 Å². The van der Waals surface area contributed by atoms with Crippen LogP contribution >= 0.6 is 0 Å². The van der Waals surface area contributed by atoms with Crippen LogP contribution in [-0.4, -0.2) is 40.4 Å². The van der Waals surface area contributed by atoms with Gasteiger partial charge in [-0.3, -0.25) is 0 Å². The molecule has 24 heavy (non-hydrogen) atoms. The van der Waals surface area contributed by atoms with E-state index < -0.39 is 0 Å². The number of hydrogen-bond donors (Lipinski definition) is 2. The van der Waals surface area contributed by atoms with Gasteiger partial charge in [0.15, 0.2) is 17.5 Å². The largest absolute Gasteiger partial charge is 0.493 e.